The van der Waals surface area contributed by atoms with Crippen LogP contribution in [-0.4, -0.2) is 33.6 Å². The molecule has 3 aromatic heterocycles. The van der Waals surface area contributed by atoms with Crippen molar-refractivity contribution in [2.24, 2.45) is 0 Å². The number of anilines is 1. The van der Waals surface area contributed by atoms with E-state index in [9.17, 15) is 0 Å². The van der Waals surface area contributed by atoms with Crippen molar-refractivity contribution in [2.75, 3.05) is 19.0 Å². The van der Waals surface area contributed by atoms with Gasteiger partial charge in [-0.25, -0.2) is 9.97 Å². The number of rotatable bonds is 7. The van der Waals surface area contributed by atoms with E-state index in [-0.39, 0.29) is 0 Å². The highest BCUT2D eigenvalue weighted by atomic mass is 16.5. The lowest BCUT2D eigenvalue weighted by Gasteiger charge is -2.11. The smallest absolute Gasteiger partial charge is 0.223 e. The normalized spacial score (nSPS) is 10.7. The molecule has 29 heavy (non-hydrogen) atoms. The first-order chi connectivity index (χ1) is 14.2. The van der Waals surface area contributed by atoms with Gasteiger partial charge in [-0.2, -0.15) is 0 Å². The van der Waals surface area contributed by atoms with Crippen LogP contribution in [0.3, 0.4) is 0 Å². The zero-order valence-electron chi connectivity index (χ0n) is 16.3. The van der Waals surface area contributed by atoms with Gasteiger partial charge in [0.25, 0.3) is 0 Å². The summed E-state index contributed by atoms with van der Waals surface area (Å²) < 4.78 is 10.8. The zero-order valence-corrected chi connectivity index (χ0v) is 16.3. The molecule has 0 saturated heterocycles. The molecule has 0 amide bonds. The summed E-state index contributed by atoms with van der Waals surface area (Å²) in [6.07, 6.45) is 9.25. The minimum Gasteiger partial charge on any atom is -0.497 e. The van der Waals surface area contributed by atoms with E-state index in [4.69, 9.17) is 14.1 Å². The second-order valence-corrected chi connectivity index (χ2v) is 6.47. The van der Waals surface area contributed by atoms with Crippen molar-refractivity contribution in [1.29, 1.82) is 0 Å². The first-order valence-electron chi connectivity index (χ1n) is 9.29. The maximum absolute atomic E-state index is 5.48. The summed E-state index contributed by atoms with van der Waals surface area (Å²) in [5.74, 6) is 2.19. The molecule has 0 radical (unpaired) electrons. The van der Waals surface area contributed by atoms with Crippen molar-refractivity contribution >= 4 is 5.95 Å². The van der Waals surface area contributed by atoms with Crippen LogP contribution in [0.15, 0.2) is 65.8 Å². The Balaban J connectivity index is 1.58. The molecule has 0 spiro atoms. The summed E-state index contributed by atoms with van der Waals surface area (Å²) >= 11 is 0. The van der Waals surface area contributed by atoms with Crippen molar-refractivity contribution < 1.29 is 9.15 Å². The number of hydrogen-bond acceptors (Lipinski definition) is 7. The Morgan fingerprint density at radius 1 is 1.07 bits per heavy atom. The van der Waals surface area contributed by atoms with E-state index in [0.29, 0.717) is 18.2 Å². The topological polar surface area (TPSA) is 86.0 Å². The maximum Gasteiger partial charge on any atom is 0.223 e. The minimum absolute atomic E-state index is 0.552. The molecule has 0 aliphatic carbocycles. The maximum atomic E-state index is 5.48. The molecule has 0 bridgehead atoms. The molecule has 0 aliphatic rings. The van der Waals surface area contributed by atoms with E-state index in [1.54, 1.807) is 38.2 Å². The number of nitrogens with zero attached hydrogens (tertiary/aromatic N) is 4. The highest BCUT2D eigenvalue weighted by Crippen LogP contribution is 2.31. The van der Waals surface area contributed by atoms with E-state index in [0.717, 1.165) is 34.8 Å². The number of hydrogen-bond donors (Lipinski definition) is 1. The van der Waals surface area contributed by atoms with Gasteiger partial charge in [-0.05, 0) is 37.1 Å². The quantitative estimate of drug-likeness (QED) is 0.509. The van der Waals surface area contributed by atoms with Crippen LogP contribution >= 0.6 is 0 Å². The summed E-state index contributed by atoms with van der Waals surface area (Å²) in [7, 11) is 1.67. The van der Waals surface area contributed by atoms with Crippen LogP contribution in [0.25, 0.3) is 22.5 Å². The summed E-state index contributed by atoms with van der Waals surface area (Å²) in [5, 5.41) is 3.30. The molecule has 0 unspecified atom stereocenters. The lowest BCUT2D eigenvalue weighted by molar-refractivity contribution is 0.414. The molecule has 0 fully saturated rings. The Kier molecular flexibility index (Phi) is 5.47. The molecular formula is C22H21N5O2. The highest BCUT2D eigenvalue weighted by Gasteiger charge is 2.16. The van der Waals surface area contributed by atoms with Crippen molar-refractivity contribution in [1.82, 2.24) is 19.9 Å². The molecule has 3 heterocycles. The molecule has 146 valence electrons. The fraction of sp³-hybridized carbons (Fsp3) is 0.182. The summed E-state index contributed by atoms with van der Waals surface area (Å²) in [6, 6.07) is 9.92. The van der Waals surface area contributed by atoms with E-state index < -0.39 is 0 Å². The molecule has 4 aromatic rings. The first-order valence-corrected chi connectivity index (χ1v) is 9.29. The second kappa shape index (κ2) is 8.52. The van der Waals surface area contributed by atoms with Gasteiger partial charge in [0.2, 0.25) is 5.95 Å². The SMILES string of the molecule is COc1cccc(CCNc2ncc(-c3cnccn3)c(-c3ccoc3C)n2)c1. The Bertz CT molecular complexity index is 1100. The van der Waals surface area contributed by atoms with E-state index in [2.05, 4.69) is 26.3 Å². The fourth-order valence-electron chi connectivity index (χ4n) is 3.08. The number of nitrogens with one attached hydrogen (secondary N) is 1. The molecule has 0 saturated carbocycles. The van der Waals surface area contributed by atoms with Crippen molar-refractivity contribution in [3.05, 3.63) is 72.7 Å². The lowest BCUT2D eigenvalue weighted by atomic mass is 10.1. The van der Waals surface area contributed by atoms with Crippen LogP contribution in [0.4, 0.5) is 5.95 Å². The van der Waals surface area contributed by atoms with Gasteiger partial charge in [0, 0.05) is 36.3 Å². The summed E-state index contributed by atoms with van der Waals surface area (Å²) in [5.41, 5.74) is 4.37. The summed E-state index contributed by atoms with van der Waals surface area (Å²) in [4.78, 5) is 17.8. The fourth-order valence-corrected chi connectivity index (χ4v) is 3.08. The zero-order chi connectivity index (χ0) is 20.1. The third kappa shape index (κ3) is 4.24. The number of benzene rings is 1. The van der Waals surface area contributed by atoms with Gasteiger partial charge in [-0.1, -0.05) is 12.1 Å². The Hall–Kier alpha value is -3.74. The van der Waals surface area contributed by atoms with Crippen LogP contribution in [0, 0.1) is 6.92 Å². The van der Waals surface area contributed by atoms with Gasteiger partial charge in [0.15, 0.2) is 0 Å². The molecule has 0 aliphatic heterocycles. The number of furan rings is 1. The number of aromatic nitrogens is 4. The number of methoxy groups -OCH3 is 1. The van der Waals surface area contributed by atoms with Gasteiger partial charge in [-0.3, -0.25) is 9.97 Å². The molecule has 0 atom stereocenters. The van der Waals surface area contributed by atoms with Crippen molar-refractivity contribution in [3.8, 4) is 28.3 Å². The molecule has 1 N–H and O–H groups in total. The third-order valence-electron chi connectivity index (χ3n) is 4.57. The van der Waals surface area contributed by atoms with E-state index >= 15 is 0 Å². The second-order valence-electron chi connectivity index (χ2n) is 6.47. The van der Waals surface area contributed by atoms with Gasteiger partial charge < -0.3 is 14.5 Å². The Labute approximate surface area is 168 Å². The van der Waals surface area contributed by atoms with Crippen LogP contribution in [0.5, 0.6) is 5.75 Å². The average molecular weight is 387 g/mol. The first kappa shape index (κ1) is 18.6. The Morgan fingerprint density at radius 3 is 2.76 bits per heavy atom. The van der Waals surface area contributed by atoms with E-state index in [1.165, 1.54) is 5.56 Å². The van der Waals surface area contributed by atoms with Crippen LogP contribution in [-0.2, 0) is 6.42 Å². The Morgan fingerprint density at radius 2 is 2.00 bits per heavy atom. The lowest BCUT2D eigenvalue weighted by Crippen LogP contribution is -2.09. The van der Waals surface area contributed by atoms with Gasteiger partial charge in [0.1, 0.15) is 11.5 Å². The van der Waals surface area contributed by atoms with Gasteiger partial charge >= 0.3 is 0 Å². The molecular weight excluding hydrogens is 366 g/mol. The standard InChI is InChI=1S/C22H21N5O2/c1-15-18(7-11-29-15)21-19(20-14-23-9-10-24-20)13-26-22(27-21)25-8-6-16-4-3-5-17(12-16)28-2/h3-5,7,9-14H,6,8H2,1-2H3,(H,25,26,27). The van der Waals surface area contributed by atoms with Crippen molar-refractivity contribution in [2.45, 2.75) is 13.3 Å². The molecule has 7 nitrogen and oxygen atoms in total. The number of ether oxygens (including phenoxy) is 1. The van der Waals surface area contributed by atoms with Crippen LogP contribution < -0.4 is 10.1 Å². The van der Waals surface area contributed by atoms with E-state index in [1.807, 2.05) is 31.2 Å². The summed E-state index contributed by atoms with van der Waals surface area (Å²) in [6.45, 7) is 2.61. The molecule has 7 heteroatoms. The predicted molar refractivity (Wildman–Crippen MR) is 111 cm³/mol. The monoisotopic (exact) mass is 387 g/mol. The largest absolute Gasteiger partial charge is 0.497 e. The predicted octanol–water partition coefficient (Wildman–Crippen LogP) is 4.17. The highest BCUT2D eigenvalue weighted by molar-refractivity contribution is 5.79. The van der Waals surface area contributed by atoms with Crippen molar-refractivity contribution in [3.63, 3.8) is 0 Å². The minimum atomic E-state index is 0.552. The molecule has 1 aromatic carbocycles. The number of aryl methyl sites for hydroxylation is 1. The van der Waals surface area contributed by atoms with Crippen LogP contribution in [0.1, 0.15) is 11.3 Å². The van der Waals surface area contributed by atoms with Crippen LogP contribution in [0.2, 0.25) is 0 Å². The third-order valence-corrected chi connectivity index (χ3v) is 4.57. The van der Waals surface area contributed by atoms with Gasteiger partial charge in [0.05, 0.1) is 31.0 Å². The molecule has 4 rings (SSSR count). The van der Waals surface area contributed by atoms with Gasteiger partial charge in [-0.15, -0.1) is 0 Å². The average Bonchev–Trinajstić information content (AvgIpc) is 3.20.